The van der Waals surface area contributed by atoms with Crippen LogP contribution in [0.25, 0.3) is 0 Å². The van der Waals surface area contributed by atoms with E-state index >= 15 is 0 Å². The largest absolute Gasteiger partial charge is 0.348 e. The molecule has 0 radical (unpaired) electrons. The Morgan fingerprint density at radius 3 is 2.79 bits per heavy atom. The zero-order valence-corrected chi connectivity index (χ0v) is 12.0. The molecule has 5 heteroatoms. The molecule has 0 saturated carbocycles. The van der Waals surface area contributed by atoms with Crippen molar-refractivity contribution >= 4 is 21.8 Å². The van der Waals surface area contributed by atoms with E-state index in [9.17, 15) is 9.59 Å². The average molecular weight is 321 g/mol. The second-order valence-corrected chi connectivity index (χ2v) is 5.10. The van der Waals surface area contributed by atoms with Crippen LogP contribution < -0.4 is 10.9 Å². The number of rotatable bonds is 3. The van der Waals surface area contributed by atoms with E-state index in [2.05, 4.69) is 21.2 Å². The first-order valence-corrected chi connectivity index (χ1v) is 6.55. The maximum atomic E-state index is 11.9. The summed E-state index contributed by atoms with van der Waals surface area (Å²) in [6.45, 7) is 0.388. The molecule has 0 spiro atoms. The molecule has 0 saturated heterocycles. The molecule has 0 aliphatic carbocycles. The van der Waals surface area contributed by atoms with Crippen molar-refractivity contribution < 1.29 is 4.79 Å². The van der Waals surface area contributed by atoms with Crippen molar-refractivity contribution in [3.63, 3.8) is 0 Å². The van der Waals surface area contributed by atoms with E-state index in [1.54, 1.807) is 31.4 Å². The fraction of sp³-hybridized carbons (Fsp3) is 0.143. The fourth-order valence-electron chi connectivity index (χ4n) is 1.67. The normalized spacial score (nSPS) is 10.2. The molecule has 0 aliphatic heterocycles. The third-order valence-corrected chi connectivity index (χ3v) is 3.18. The van der Waals surface area contributed by atoms with E-state index in [1.165, 1.54) is 10.6 Å². The van der Waals surface area contributed by atoms with Crippen molar-refractivity contribution in [1.29, 1.82) is 0 Å². The smallest absolute Gasteiger partial charge is 0.251 e. The molecule has 1 heterocycles. The van der Waals surface area contributed by atoms with Crippen LogP contribution in [-0.2, 0) is 13.6 Å². The molecular formula is C14H13BrN2O2. The number of carbonyl (C=O) groups excluding carboxylic acids is 1. The predicted octanol–water partition coefficient (Wildman–Crippen LogP) is 2.08. The first kappa shape index (κ1) is 13.5. The number of amides is 1. The SMILES string of the molecule is Cn1cc(CNC(=O)c2cccc(Br)c2)ccc1=O. The van der Waals surface area contributed by atoms with E-state index in [0.29, 0.717) is 12.1 Å². The van der Waals surface area contributed by atoms with Crippen LogP contribution in [0.1, 0.15) is 15.9 Å². The van der Waals surface area contributed by atoms with Gasteiger partial charge in [0.05, 0.1) is 0 Å². The number of aromatic nitrogens is 1. The Morgan fingerprint density at radius 2 is 2.11 bits per heavy atom. The van der Waals surface area contributed by atoms with Crippen molar-refractivity contribution in [2.24, 2.45) is 7.05 Å². The first-order chi connectivity index (χ1) is 9.06. The van der Waals surface area contributed by atoms with Crippen molar-refractivity contribution in [3.05, 3.63) is 68.5 Å². The van der Waals surface area contributed by atoms with Crippen molar-refractivity contribution in [2.75, 3.05) is 0 Å². The predicted molar refractivity (Wildman–Crippen MR) is 77.0 cm³/mol. The third-order valence-electron chi connectivity index (χ3n) is 2.69. The summed E-state index contributed by atoms with van der Waals surface area (Å²) in [7, 11) is 1.68. The van der Waals surface area contributed by atoms with Gasteiger partial charge in [-0.15, -0.1) is 0 Å². The van der Waals surface area contributed by atoms with Crippen molar-refractivity contribution in [2.45, 2.75) is 6.54 Å². The summed E-state index contributed by atoms with van der Waals surface area (Å²) >= 11 is 3.33. The quantitative estimate of drug-likeness (QED) is 0.941. The lowest BCUT2D eigenvalue weighted by Gasteiger charge is -2.07. The van der Waals surface area contributed by atoms with Crippen LogP contribution in [0.2, 0.25) is 0 Å². The van der Waals surface area contributed by atoms with Gasteiger partial charge in [0.15, 0.2) is 0 Å². The lowest BCUT2D eigenvalue weighted by atomic mass is 10.2. The summed E-state index contributed by atoms with van der Waals surface area (Å²) in [6.07, 6.45) is 1.71. The Hall–Kier alpha value is -1.88. The Labute approximate surface area is 119 Å². The molecule has 4 nitrogen and oxygen atoms in total. The number of nitrogens with zero attached hydrogens (tertiary/aromatic N) is 1. The van der Waals surface area contributed by atoms with Gasteiger partial charge in [-0.3, -0.25) is 9.59 Å². The molecule has 1 aromatic carbocycles. The Morgan fingerprint density at radius 1 is 1.32 bits per heavy atom. The summed E-state index contributed by atoms with van der Waals surface area (Å²) in [6, 6.07) is 10.4. The minimum absolute atomic E-state index is 0.0675. The van der Waals surface area contributed by atoms with Gasteiger partial charge >= 0.3 is 0 Å². The van der Waals surface area contributed by atoms with Gasteiger partial charge in [0.2, 0.25) is 5.56 Å². The number of aryl methyl sites for hydroxylation is 1. The van der Waals surface area contributed by atoms with Gasteiger partial charge in [-0.2, -0.15) is 0 Å². The number of hydrogen-bond donors (Lipinski definition) is 1. The molecule has 98 valence electrons. The van der Waals surface area contributed by atoms with Crippen LogP contribution >= 0.6 is 15.9 Å². The van der Waals surface area contributed by atoms with Gasteiger partial charge in [-0.1, -0.05) is 28.1 Å². The monoisotopic (exact) mass is 320 g/mol. The highest BCUT2D eigenvalue weighted by atomic mass is 79.9. The molecule has 0 bridgehead atoms. The lowest BCUT2D eigenvalue weighted by Crippen LogP contribution is -2.24. The summed E-state index contributed by atoms with van der Waals surface area (Å²) in [5, 5.41) is 2.81. The van der Waals surface area contributed by atoms with Gasteiger partial charge in [-0.05, 0) is 23.8 Å². The highest BCUT2D eigenvalue weighted by molar-refractivity contribution is 9.10. The molecular weight excluding hydrogens is 308 g/mol. The maximum Gasteiger partial charge on any atom is 0.251 e. The number of nitrogens with one attached hydrogen (secondary N) is 1. The number of benzene rings is 1. The Bertz CT molecular complexity index is 664. The van der Waals surface area contributed by atoms with Gasteiger partial charge in [0.1, 0.15) is 0 Å². The summed E-state index contributed by atoms with van der Waals surface area (Å²) < 4.78 is 2.35. The van der Waals surface area contributed by atoms with Crippen LogP contribution in [-0.4, -0.2) is 10.5 Å². The molecule has 0 aliphatic rings. The van der Waals surface area contributed by atoms with Gasteiger partial charge in [0.25, 0.3) is 5.91 Å². The summed E-state index contributed by atoms with van der Waals surface area (Å²) in [5.74, 6) is -0.143. The Balaban J connectivity index is 2.04. The maximum absolute atomic E-state index is 11.9. The zero-order chi connectivity index (χ0) is 13.8. The average Bonchev–Trinajstić information content (AvgIpc) is 2.40. The number of halogens is 1. The van der Waals surface area contributed by atoms with Gasteiger partial charge < -0.3 is 9.88 Å². The second kappa shape index (κ2) is 5.84. The number of pyridine rings is 1. The van der Waals surface area contributed by atoms with E-state index in [1.807, 2.05) is 12.1 Å². The zero-order valence-electron chi connectivity index (χ0n) is 10.4. The van der Waals surface area contributed by atoms with Crippen LogP contribution in [0, 0.1) is 0 Å². The molecule has 1 N–H and O–H groups in total. The second-order valence-electron chi connectivity index (χ2n) is 4.18. The molecule has 0 fully saturated rings. The molecule has 2 aromatic rings. The van der Waals surface area contributed by atoms with Crippen LogP contribution in [0.15, 0.2) is 51.9 Å². The van der Waals surface area contributed by atoms with Crippen molar-refractivity contribution in [1.82, 2.24) is 9.88 Å². The standard InChI is InChI=1S/C14H13BrN2O2/c1-17-9-10(5-6-13(17)18)8-16-14(19)11-3-2-4-12(15)7-11/h2-7,9H,8H2,1H3,(H,16,19). The molecule has 0 unspecified atom stereocenters. The van der Waals surface area contributed by atoms with E-state index in [4.69, 9.17) is 0 Å². The van der Waals surface area contributed by atoms with Crippen molar-refractivity contribution in [3.8, 4) is 0 Å². The minimum Gasteiger partial charge on any atom is -0.348 e. The van der Waals surface area contributed by atoms with Crippen LogP contribution in [0.3, 0.4) is 0 Å². The highest BCUT2D eigenvalue weighted by Gasteiger charge is 2.05. The third kappa shape index (κ3) is 3.54. The molecule has 1 aromatic heterocycles. The Kier molecular flexibility index (Phi) is 4.16. The first-order valence-electron chi connectivity index (χ1n) is 5.75. The van der Waals surface area contributed by atoms with E-state index in [-0.39, 0.29) is 11.5 Å². The summed E-state index contributed by atoms with van der Waals surface area (Å²) in [5.41, 5.74) is 1.41. The lowest BCUT2D eigenvalue weighted by molar-refractivity contribution is 0.0951. The fourth-order valence-corrected chi connectivity index (χ4v) is 2.07. The summed E-state index contributed by atoms with van der Waals surface area (Å²) in [4.78, 5) is 23.2. The van der Waals surface area contributed by atoms with Crippen LogP contribution in [0.4, 0.5) is 0 Å². The minimum atomic E-state index is -0.143. The number of carbonyl (C=O) groups is 1. The van der Waals surface area contributed by atoms with Gasteiger partial charge in [0, 0.05) is 35.9 Å². The number of hydrogen-bond acceptors (Lipinski definition) is 2. The highest BCUT2D eigenvalue weighted by Crippen LogP contribution is 2.11. The molecule has 1 amide bonds. The molecule has 2 rings (SSSR count). The topological polar surface area (TPSA) is 51.1 Å². The van der Waals surface area contributed by atoms with Gasteiger partial charge in [-0.25, -0.2) is 0 Å². The van der Waals surface area contributed by atoms with E-state index in [0.717, 1.165) is 10.0 Å². The molecule has 0 atom stereocenters. The van der Waals surface area contributed by atoms with E-state index < -0.39 is 0 Å². The molecule has 19 heavy (non-hydrogen) atoms. The van der Waals surface area contributed by atoms with Crippen LogP contribution in [0.5, 0.6) is 0 Å².